The molecule has 0 bridgehead atoms. The first-order valence-electron chi connectivity index (χ1n) is 3.89. The number of hydrogen-bond acceptors (Lipinski definition) is 1. The molecule has 0 atom stereocenters. The molecule has 0 radical (unpaired) electrons. The summed E-state index contributed by atoms with van der Waals surface area (Å²) in [5.41, 5.74) is 0.974. The van der Waals surface area contributed by atoms with E-state index in [4.69, 9.17) is 0 Å². The number of benzene rings is 1. The van der Waals surface area contributed by atoms with E-state index in [1.807, 2.05) is 12.2 Å². The zero-order chi connectivity index (χ0) is 9.68. The molecule has 0 aromatic heterocycles. The van der Waals surface area contributed by atoms with Gasteiger partial charge in [0.05, 0.1) is 0 Å². The summed E-state index contributed by atoms with van der Waals surface area (Å²) in [4.78, 5) is 0. The van der Waals surface area contributed by atoms with Crippen LogP contribution in [0.3, 0.4) is 0 Å². The maximum atomic E-state index is 12.1. The van der Waals surface area contributed by atoms with Crippen LogP contribution >= 0.6 is 12.6 Å². The van der Waals surface area contributed by atoms with Gasteiger partial charge >= 0.3 is 0 Å². The zero-order valence-corrected chi connectivity index (χ0v) is 7.85. The van der Waals surface area contributed by atoms with Crippen LogP contribution < -0.4 is 0 Å². The second-order valence-electron chi connectivity index (χ2n) is 2.55. The molecule has 0 nitrogen and oxygen atoms in total. The molecule has 70 valence electrons. The molecule has 0 saturated heterocycles. The van der Waals surface area contributed by atoms with Crippen LogP contribution in [0.25, 0.3) is 6.08 Å². The highest BCUT2D eigenvalue weighted by molar-refractivity contribution is 7.80. The quantitative estimate of drug-likeness (QED) is 0.708. The number of halogens is 2. The summed E-state index contributed by atoms with van der Waals surface area (Å²) in [6, 6.07) is 6.20. The lowest BCUT2D eigenvalue weighted by atomic mass is 10.1. The minimum Gasteiger partial charge on any atom is -0.205 e. The second-order valence-corrected chi connectivity index (χ2v) is 2.92. The highest BCUT2D eigenvalue weighted by atomic mass is 32.1. The maximum absolute atomic E-state index is 12.1. The van der Waals surface area contributed by atoms with Crippen molar-refractivity contribution in [2.45, 2.75) is 6.43 Å². The van der Waals surface area contributed by atoms with Crippen LogP contribution in [-0.2, 0) is 0 Å². The Labute approximate surface area is 81.7 Å². The first kappa shape index (κ1) is 10.3. The Bertz CT molecular complexity index is 277. The van der Waals surface area contributed by atoms with Gasteiger partial charge in [0, 0.05) is 11.3 Å². The summed E-state index contributed by atoms with van der Waals surface area (Å²) in [5, 5.41) is 0. The Balaban J connectivity index is 2.75. The highest BCUT2D eigenvalue weighted by Gasteiger charge is 2.04. The molecule has 1 aromatic rings. The zero-order valence-electron chi connectivity index (χ0n) is 6.95. The minimum atomic E-state index is -2.39. The third kappa shape index (κ3) is 3.19. The molecule has 0 amide bonds. The van der Waals surface area contributed by atoms with Crippen molar-refractivity contribution in [1.29, 1.82) is 0 Å². The smallest absolute Gasteiger partial charge is 0.205 e. The maximum Gasteiger partial charge on any atom is 0.263 e. The Morgan fingerprint density at radius 2 is 1.85 bits per heavy atom. The van der Waals surface area contributed by atoms with Gasteiger partial charge in [-0.3, -0.25) is 0 Å². The Morgan fingerprint density at radius 3 is 2.31 bits per heavy atom. The molecule has 0 fully saturated rings. The van der Waals surface area contributed by atoms with Crippen molar-refractivity contribution in [3.8, 4) is 0 Å². The second kappa shape index (κ2) is 5.02. The molecule has 3 heteroatoms. The molecule has 0 aliphatic rings. The molecule has 0 saturated carbocycles. The molecule has 0 heterocycles. The van der Waals surface area contributed by atoms with Gasteiger partial charge in [-0.2, -0.15) is 12.6 Å². The minimum absolute atomic E-state index is 0.0584. The largest absolute Gasteiger partial charge is 0.263 e. The molecule has 13 heavy (non-hydrogen) atoms. The normalized spacial score (nSPS) is 11.4. The van der Waals surface area contributed by atoms with Crippen molar-refractivity contribution in [3.63, 3.8) is 0 Å². The molecule has 1 rings (SSSR count). The van der Waals surface area contributed by atoms with Crippen LogP contribution in [0.15, 0.2) is 30.3 Å². The molecule has 0 aliphatic carbocycles. The van der Waals surface area contributed by atoms with E-state index in [2.05, 4.69) is 12.6 Å². The Morgan fingerprint density at radius 1 is 1.23 bits per heavy atom. The van der Waals surface area contributed by atoms with E-state index in [9.17, 15) is 8.78 Å². The number of alkyl halides is 2. The van der Waals surface area contributed by atoms with Gasteiger partial charge in [-0.05, 0) is 5.56 Å². The van der Waals surface area contributed by atoms with Crippen molar-refractivity contribution in [2.24, 2.45) is 0 Å². The monoisotopic (exact) mass is 200 g/mol. The SMILES string of the molecule is FC(F)c1ccc(C=CCS)cc1. The number of hydrogen-bond donors (Lipinski definition) is 1. The van der Waals surface area contributed by atoms with Gasteiger partial charge in [-0.15, -0.1) is 0 Å². The summed E-state index contributed by atoms with van der Waals surface area (Å²) in [5.74, 6) is 0.649. The van der Waals surface area contributed by atoms with Crippen molar-refractivity contribution in [3.05, 3.63) is 41.5 Å². The average Bonchev–Trinajstić information content (AvgIpc) is 2.15. The van der Waals surface area contributed by atoms with Gasteiger partial charge in [-0.1, -0.05) is 36.4 Å². The third-order valence-corrected chi connectivity index (χ3v) is 1.81. The van der Waals surface area contributed by atoms with E-state index in [1.54, 1.807) is 12.1 Å². The first-order chi connectivity index (χ1) is 6.24. The van der Waals surface area contributed by atoms with Crippen LogP contribution in [-0.4, -0.2) is 5.75 Å². The fourth-order valence-corrected chi connectivity index (χ4v) is 1.05. The summed E-state index contributed by atoms with van der Waals surface area (Å²) in [7, 11) is 0. The van der Waals surface area contributed by atoms with Crippen LogP contribution in [0.5, 0.6) is 0 Å². The molecular formula is C10H10F2S. The van der Waals surface area contributed by atoms with Crippen LogP contribution in [0.4, 0.5) is 8.78 Å². The lowest BCUT2D eigenvalue weighted by Crippen LogP contribution is -1.82. The van der Waals surface area contributed by atoms with Crippen molar-refractivity contribution in [1.82, 2.24) is 0 Å². The van der Waals surface area contributed by atoms with E-state index in [1.165, 1.54) is 12.1 Å². The fraction of sp³-hybridized carbons (Fsp3) is 0.200. The first-order valence-corrected chi connectivity index (χ1v) is 4.53. The molecule has 1 aromatic carbocycles. The Kier molecular flexibility index (Phi) is 3.96. The topological polar surface area (TPSA) is 0 Å². The van der Waals surface area contributed by atoms with Gasteiger partial charge < -0.3 is 0 Å². The predicted molar refractivity (Wildman–Crippen MR) is 54.3 cm³/mol. The molecule has 0 N–H and O–H groups in total. The predicted octanol–water partition coefficient (Wildman–Crippen LogP) is 3.57. The van der Waals surface area contributed by atoms with E-state index < -0.39 is 6.43 Å². The third-order valence-electron chi connectivity index (χ3n) is 1.60. The molecule has 0 spiro atoms. The van der Waals surface area contributed by atoms with Crippen molar-refractivity contribution < 1.29 is 8.78 Å². The van der Waals surface area contributed by atoms with E-state index in [0.717, 1.165) is 5.56 Å². The van der Waals surface area contributed by atoms with Gasteiger partial charge in [0.1, 0.15) is 0 Å². The average molecular weight is 200 g/mol. The standard InChI is InChI=1S/C10H10F2S/c11-10(12)9-5-3-8(4-6-9)2-1-7-13/h1-6,10,13H,7H2. The fourth-order valence-electron chi connectivity index (χ4n) is 0.941. The highest BCUT2D eigenvalue weighted by Crippen LogP contribution is 2.18. The van der Waals surface area contributed by atoms with E-state index in [-0.39, 0.29) is 5.56 Å². The lowest BCUT2D eigenvalue weighted by molar-refractivity contribution is 0.151. The van der Waals surface area contributed by atoms with Crippen molar-refractivity contribution >= 4 is 18.7 Å². The van der Waals surface area contributed by atoms with Crippen LogP contribution in [0.1, 0.15) is 17.6 Å². The van der Waals surface area contributed by atoms with E-state index >= 15 is 0 Å². The lowest BCUT2D eigenvalue weighted by Gasteiger charge is -1.98. The van der Waals surface area contributed by atoms with Gasteiger partial charge in [-0.25, -0.2) is 8.78 Å². The molecule has 0 unspecified atom stereocenters. The molecular weight excluding hydrogens is 190 g/mol. The van der Waals surface area contributed by atoms with Crippen molar-refractivity contribution in [2.75, 3.05) is 5.75 Å². The van der Waals surface area contributed by atoms with Gasteiger partial charge in [0.25, 0.3) is 6.43 Å². The molecule has 0 aliphatic heterocycles. The summed E-state index contributed by atoms with van der Waals surface area (Å²) in [6.07, 6.45) is 1.32. The summed E-state index contributed by atoms with van der Waals surface area (Å²) >= 11 is 4.00. The van der Waals surface area contributed by atoms with Gasteiger partial charge in [0.15, 0.2) is 0 Å². The Hall–Kier alpha value is -0.830. The summed E-state index contributed by atoms with van der Waals surface area (Å²) in [6.45, 7) is 0. The van der Waals surface area contributed by atoms with Crippen LogP contribution in [0, 0.1) is 0 Å². The number of thiol groups is 1. The van der Waals surface area contributed by atoms with Crippen LogP contribution in [0.2, 0.25) is 0 Å². The van der Waals surface area contributed by atoms with Gasteiger partial charge in [0.2, 0.25) is 0 Å². The number of rotatable bonds is 3. The van der Waals surface area contributed by atoms with E-state index in [0.29, 0.717) is 5.75 Å². The summed E-state index contributed by atoms with van der Waals surface area (Å²) < 4.78 is 24.2.